The highest BCUT2D eigenvalue weighted by Gasteiger charge is 2.08. The molecular formula is C12H17Cl2NO3. The first kappa shape index (κ1) is 15.4. The number of nitrogens with two attached hydrogens (primary N) is 1. The van der Waals surface area contributed by atoms with Gasteiger partial charge in [-0.15, -0.1) is 0 Å². The van der Waals surface area contributed by atoms with Gasteiger partial charge in [-0.2, -0.15) is 0 Å². The zero-order chi connectivity index (χ0) is 13.4. The van der Waals surface area contributed by atoms with E-state index >= 15 is 0 Å². The van der Waals surface area contributed by atoms with Crippen LogP contribution in [0.3, 0.4) is 0 Å². The lowest BCUT2D eigenvalue weighted by molar-refractivity contribution is 0.0644. The molecule has 2 N–H and O–H groups in total. The average molecular weight is 294 g/mol. The molecule has 0 amide bonds. The molecule has 0 spiro atoms. The Morgan fingerprint density at radius 1 is 1.06 bits per heavy atom. The predicted octanol–water partition coefficient (Wildman–Crippen LogP) is 3.01. The Morgan fingerprint density at radius 2 is 1.72 bits per heavy atom. The van der Waals surface area contributed by atoms with Gasteiger partial charge in [0.05, 0.1) is 29.9 Å². The highest BCUT2D eigenvalue weighted by Crippen LogP contribution is 2.35. The molecule has 4 nitrogen and oxygen atoms in total. The molecule has 0 saturated carbocycles. The number of halogens is 2. The summed E-state index contributed by atoms with van der Waals surface area (Å²) in [6, 6.07) is 3.22. The van der Waals surface area contributed by atoms with E-state index in [-0.39, 0.29) is 0 Å². The van der Waals surface area contributed by atoms with Crippen LogP contribution in [0.15, 0.2) is 12.1 Å². The van der Waals surface area contributed by atoms with Crippen molar-refractivity contribution in [1.82, 2.24) is 0 Å². The van der Waals surface area contributed by atoms with E-state index in [4.69, 9.17) is 43.1 Å². The van der Waals surface area contributed by atoms with Crippen LogP contribution >= 0.6 is 23.2 Å². The third-order valence-electron chi connectivity index (χ3n) is 2.13. The van der Waals surface area contributed by atoms with Crippen LogP contribution < -0.4 is 10.5 Å². The molecule has 6 heteroatoms. The highest BCUT2D eigenvalue weighted by molar-refractivity contribution is 6.37. The molecule has 0 heterocycles. The number of ether oxygens (including phenoxy) is 3. The van der Waals surface area contributed by atoms with E-state index in [9.17, 15) is 0 Å². The molecule has 0 saturated heterocycles. The standard InChI is InChI=1S/C12H17Cl2NO3/c1-16-5-6-17-3-2-4-18-12-10(13)7-9(15)8-11(12)14/h7-8H,2-6,15H2,1H3. The van der Waals surface area contributed by atoms with E-state index in [0.717, 1.165) is 6.42 Å². The van der Waals surface area contributed by atoms with Crippen molar-refractivity contribution >= 4 is 28.9 Å². The SMILES string of the molecule is COCCOCCCOc1c(Cl)cc(N)cc1Cl. The second-order valence-corrected chi connectivity index (χ2v) is 4.44. The molecule has 1 aromatic rings. The van der Waals surface area contributed by atoms with Crippen LogP contribution in [0.25, 0.3) is 0 Å². The lowest BCUT2D eigenvalue weighted by atomic mass is 10.3. The minimum atomic E-state index is 0.417. The van der Waals surface area contributed by atoms with E-state index in [1.807, 2.05) is 0 Å². The fourth-order valence-corrected chi connectivity index (χ4v) is 1.91. The lowest BCUT2D eigenvalue weighted by Crippen LogP contribution is -2.07. The summed E-state index contributed by atoms with van der Waals surface area (Å²) in [4.78, 5) is 0. The summed E-state index contributed by atoms with van der Waals surface area (Å²) in [5, 5.41) is 0.834. The van der Waals surface area contributed by atoms with Crippen molar-refractivity contribution in [2.24, 2.45) is 0 Å². The van der Waals surface area contributed by atoms with Gasteiger partial charge < -0.3 is 19.9 Å². The molecule has 102 valence electrons. The predicted molar refractivity (Wildman–Crippen MR) is 73.7 cm³/mol. The van der Waals surface area contributed by atoms with Crippen LogP contribution in [0.1, 0.15) is 6.42 Å². The average Bonchev–Trinajstić information content (AvgIpc) is 2.30. The fraction of sp³-hybridized carbons (Fsp3) is 0.500. The number of benzene rings is 1. The number of hydrogen-bond acceptors (Lipinski definition) is 4. The largest absolute Gasteiger partial charge is 0.490 e. The highest BCUT2D eigenvalue weighted by atomic mass is 35.5. The maximum atomic E-state index is 5.98. The van der Waals surface area contributed by atoms with E-state index < -0.39 is 0 Å². The Bertz CT molecular complexity index is 351. The quantitative estimate of drug-likeness (QED) is 0.591. The number of methoxy groups -OCH3 is 1. The Kier molecular flexibility index (Phi) is 7.20. The number of nitrogen functional groups attached to an aromatic ring is 1. The molecule has 18 heavy (non-hydrogen) atoms. The normalized spacial score (nSPS) is 10.6. The monoisotopic (exact) mass is 293 g/mol. The molecule has 0 aliphatic heterocycles. The van der Waals surface area contributed by atoms with Crippen molar-refractivity contribution in [2.75, 3.05) is 39.3 Å². The summed E-state index contributed by atoms with van der Waals surface area (Å²) in [6.07, 6.45) is 0.751. The van der Waals surface area contributed by atoms with Crippen LogP contribution in [0, 0.1) is 0 Å². The zero-order valence-corrected chi connectivity index (χ0v) is 11.8. The Hall–Kier alpha value is -0.680. The van der Waals surface area contributed by atoms with Crippen molar-refractivity contribution in [2.45, 2.75) is 6.42 Å². The first-order valence-corrected chi connectivity index (χ1v) is 6.34. The van der Waals surface area contributed by atoms with Crippen molar-refractivity contribution in [3.8, 4) is 5.75 Å². The second kappa shape index (κ2) is 8.43. The van der Waals surface area contributed by atoms with Crippen LogP contribution in [-0.4, -0.2) is 33.5 Å². The molecule has 1 rings (SSSR count). The summed E-state index contributed by atoms with van der Waals surface area (Å²) in [5.41, 5.74) is 6.11. The Morgan fingerprint density at radius 3 is 2.33 bits per heavy atom. The van der Waals surface area contributed by atoms with Crippen LogP contribution in [0.4, 0.5) is 5.69 Å². The lowest BCUT2D eigenvalue weighted by Gasteiger charge is -2.10. The van der Waals surface area contributed by atoms with Gasteiger partial charge in [0.1, 0.15) is 0 Å². The first-order chi connectivity index (χ1) is 8.65. The third kappa shape index (κ3) is 5.31. The molecule has 0 aliphatic carbocycles. The Labute approximate surface area is 117 Å². The molecule has 0 aromatic heterocycles. The van der Waals surface area contributed by atoms with E-state index in [1.54, 1.807) is 19.2 Å². The molecule has 0 aliphatic rings. The molecule has 0 unspecified atom stereocenters. The van der Waals surface area contributed by atoms with Crippen LogP contribution in [-0.2, 0) is 9.47 Å². The van der Waals surface area contributed by atoms with Gasteiger partial charge in [0.2, 0.25) is 0 Å². The fourth-order valence-electron chi connectivity index (χ4n) is 1.30. The van der Waals surface area contributed by atoms with Gasteiger partial charge in [0.15, 0.2) is 5.75 Å². The topological polar surface area (TPSA) is 53.7 Å². The first-order valence-electron chi connectivity index (χ1n) is 5.59. The maximum absolute atomic E-state index is 5.98. The molecule has 0 bridgehead atoms. The van der Waals surface area contributed by atoms with Crippen molar-refractivity contribution in [3.63, 3.8) is 0 Å². The minimum Gasteiger partial charge on any atom is -0.490 e. The van der Waals surface area contributed by atoms with Gasteiger partial charge in [-0.3, -0.25) is 0 Å². The van der Waals surface area contributed by atoms with Gasteiger partial charge in [0.25, 0.3) is 0 Å². The van der Waals surface area contributed by atoms with E-state index in [0.29, 0.717) is 47.9 Å². The van der Waals surface area contributed by atoms with E-state index in [2.05, 4.69) is 0 Å². The number of rotatable bonds is 8. The summed E-state index contributed by atoms with van der Waals surface area (Å²) in [5.74, 6) is 0.462. The van der Waals surface area contributed by atoms with Gasteiger partial charge in [0, 0.05) is 25.8 Å². The van der Waals surface area contributed by atoms with Crippen LogP contribution in [0.2, 0.25) is 10.0 Å². The number of hydrogen-bond donors (Lipinski definition) is 1. The molecule has 0 atom stereocenters. The molecule has 0 fully saturated rings. The van der Waals surface area contributed by atoms with Gasteiger partial charge >= 0.3 is 0 Å². The summed E-state index contributed by atoms with van der Waals surface area (Å²) < 4.78 is 15.7. The minimum absolute atomic E-state index is 0.417. The maximum Gasteiger partial charge on any atom is 0.156 e. The molecule has 0 radical (unpaired) electrons. The summed E-state index contributed by atoms with van der Waals surface area (Å²) in [7, 11) is 1.64. The van der Waals surface area contributed by atoms with Crippen molar-refractivity contribution < 1.29 is 14.2 Å². The van der Waals surface area contributed by atoms with Crippen molar-refractivity contribution in [3.05, 3.63) is 22.2 Å². The van der Waals surface area contributed by atoms with Crippen molar-refractivity contribution in [1.29, 1.82) is 0 Å². The van der Waals surface area contributed by atoms with Gasteiger partial charge in [-0.1, -0.05) is 23.2 Å². The van der Waals surface area contributed by atoms with Crippen LogP contribution in [0.5, 0.6) is 5.75 Å². The summed E-state index contributed by atoms with van der Waals surface area (Å²) >= 11 is 12.0. The van der Waals surface area contributed by atoms with E-state index in [1.165, 1.54) is 0 Å². The third-order valence-corrected chi connectivity index (χ3v) is 2.69. The second-order valence-electron chi connectivity index (χ2n) is 3.62. The van der Waals surface area contributed by atoms with Gasteiger partial charge in [-0.05, 0) is 12.1 Å². The van der Waals surface area contributed by atoms with Gasteiger partial charge in [-0.25, -0.2) is 0 Å². The summed E-state index contributed by atoms with van der Waals surface area (Å²) in [6.45, 7) is 2.26. The Balaban J connectivity index is 2.27. The molecule has 1 aromatic carbocycles. The number of anilines is 1. The smallest absolute Gasteiger partial charge is 0.156 e. The zero-order valence-electron chi connectivity index (χ0n) is 10.2. The molecular weight excluding hydrogens is 277 g/mol.